The van der Waals surface area contributed by atoms with Crippen LogP contribution in [0.1, 0.15) is 62.2 Å². The van der Waals surface area contributed by atoms with Crippen molar-refractivity contribution in [3.63, 3.8) is 0 Å². The first-order chi connectivity index (χ1) is 14.5. The minimum absolute atomic E-state index is 0.00883. The Morgan fingerprint density at radius 3 is 2.57 bits per heavy atom. The Labute approximate surface area is 176 Å². The maximum atomic E-state index is 14.8. The number of nitrogens with zero attached hydrogens (tertiary/aromatic N) is 4. The Balaban J connectivity index is 1.62. The molecule has 6 nitrogen and oxygen atoms in total. The van der Waals surface area contributed by atoms with Crippen LogP contribution < -0.4 is 0 Å². The number of aromatic nitrogens is 2. The van der Waals surface area contributed by atoms with E-state index in [0.717, 1.165) is 30.8 Å². The van der Waals surface area contributed by atoms with E-state index in [-0.39, 0.29) is 36.0 Å². The number of fused-ring (bicyclic) bond motifs is 1. The van der Waals surface area contributed by atoms with Gasteiger partial charge in [0.1, 0.15) is 11.6 Å². The third-order valence-electron chi connectivity index (χ3n) is 6.46. The molecule has 0 radical (unpaired) electrons. The number of amides is 2. The van der Waals surface area contributed by atoms with Crippen molar-refractivity contribution in [2.75, 3.05) is 26.2 Å². The Hall–Kier alpha value is -2.70. The molecule has 2 unspecified atom stereocenters. The topological polar surface area (TPSA) is 58.4 Å². The molecule has 7 heteroatoms. The van der Waals surface area contributed by atoms with Crippen LogP contribution >= 0.6 is 0 Å². The van der Waals surface area contributed by atoms with Crippen LogP contribution in [0.3, 0.4) is 0 Å². The molecule has 2 aliphatic heterocycles. The van der Waals surface area contributed by atoms with Gasteiger partial charge in [-0.15, -0.1) is 0 Å². The van der Waals surface area contributed by atoms with Gasteiger partial charge in [0, 0.05) is 69.8 Å². The third-order valence-corrected chi connectivity index (χ3v) is 6.46. The van der Waals surface area contributed by atoms with Crippen LogP contribution in [-0.4, -0.2) is 57.3 Å². The molecule has 2 aliphatic rings. The summed E-state index contributed by atoms with van der Waals surface area (Å²) < 4.78 is 17.0. The van der Waals surface area contributed by atoms with Crippen molar-refractivity contribution in [2.24, 2.45) is 0 Å². The second-order valence-corrected chi connectivity index (χ2v) is 8.38. The van der Waals surface area contributed by atoms with Gasteiger partial charge in [0.05, 0.1) is 0 Å². The molecule has 2 aromatic rings. The zero-order valence-corrected chi connectivity index (χ0v) is 17.7. The molecule has 0 spiro atoms. The molecule has 0 aliphatic carbocycles. The summed E-state index contributed by atoms with van der Waals surface area (Å²) in [4.78, 5) is 32.9. The molecule has 0 saturated carbocycles. The molecule has 30 heavy (non-hydrogen) atoms. The smallest absolute Gasteiger partial charge is 0.223 e. The molecule has 3 heterocycles. The second-order valence-electron chi connectivity index (χ2n) is 8.38. The van der Waals surface area contributed by atoms with Crippen LogP contribution in [0, 0.1) is 5.82 Å². The predicted molar refractivity (Wildman–Crippen MR) is 112 cm³/mol. The highest BCUT2D eigenvalue weighted by Gasteiger charge is 2.31. The Morgan fingerprint density at radius 1 is 1.17 bits per heavy atom. The highest BCUT2D eigenvalue weighted by Crippen LogP contribution is 2.35. The minimum atomic E-state index is -0.383. The van der Waals surface area contributed by atoms with Gasteiger partial charge in [0.2, 0.25) is 11.8 Å². The summed E-state index contributed by atoms with van der Waals surface area (Å²) in [5.41, 5.74) is 1.45. The van der Waals surface area contributed by atoms with Crippen LogP contribution in [0.25, 0.3) is 0 Å². The first-order valence-electron chi connectivity index (χ1n) is 10.8. The number of carbonyl (C=O) groups excluding carboxylic acids is 2. The van der Waals surface area contributed by atoms with Gasteiger partial charge < -0.3 is 14.4 Å². The monoisotopic (exact) mass is 412 g/mol. The Morgan fingerprint density at radius 2 is 1.87 bits per heavy atom. The van der Waals surface area contributed by atoms with Gasteiger partial charge in [0.15, 0.2) is 0 Å². The number of aryl methyl sites for hydroxylation is 1. The van der Waals surface area contributed by atoms with E-state index in [1.807, 2.05) is 12.3 Å². The maximum absolute atomic E-state index is 14.8. The first-order valence-corrected chi connectivity index (χ1v) is 10.8. The summed E-state index contributed by atoms with van der Waals surface area (Å²) in [5, 5.41) is 0. The minimum Gasteiger partial charge on any atom is -0.339 e. The van der Waals surface area contributed by atoms with Gasteiger partial charge in [-0.2, -0.15) is 0 Å². The second kappa shape index (κ2) is 8.58. The van der Waals surface area contributed by atoms with Crippen molar-refractivity contribution in [1.82, 2.24) is 19.4 Å². The van der Waals surface area contributed by atoms with Crippen LogP contribution in [-0.2, 0) is 16.0 Å². The van der Waals surface area contributed by atoms with Crippen molar-refractivity contribution in [3.05, 3.63) is 53.4 Å². The molecule has 1 saturated heterocycles. The number of piperazine rings is 1. The summed E-state index contributed by atoms with van der Waals surface area (Å²) in [6, 6.07) is 7.00. The third kappa shape index (κ3) is 3.98. The highest BCUT2D eigenvalue weighted by atomic mass is 19.1. The first kappa shape index (κ1) is 20.6. The normalized spacial score (nSPS) is 20.0. The summed E-state index contributed by atoms with van der Waals surface area (Å²) in [6.45, 7) is 5.84. The number of hydrogen-bond acceptors (Lipinski definition) is 3. The lowest BCUT2D eigenvalue weighted by Gasteiger charge is -2.35. The van der Waals surface area contributed by atoms with Crippen molar-refractivity contribution in [1.29, 1.82) is 0 Å². The molecule has 1 aromatic heterocycles. The lowest BCUT2D eigenvalue weighted by Crippen LogP contribution is -2.50. The zero-order valence-electron chi connectivity index (χ0n) is 17.7. The molecule has 2 amide bonds. The fraction of sp³-hybridized carbons (Fsp3) is 0.522. The van der Waals surface area contributed by atoms with E-state index in [9.17, 15) is 14.0 Å². The van der Waals surface area contributed by atoms with Crippen molar-refractivity contribution >= 4 is 11.8 Å². The van der Waals surface area contributed by atoms with E-state index < -0.39 is 0 Å². The summed E-state index contributed by atoms with van der Waals surface area (Å²) in [7, 11) is 0. The molecular formula is C23H29FN4O2. The SMILES string of the molecule is CC(=O)N1CCN(C(=O)CC(c2ccccc2F)c2cnc3n2C(C)CCC3)CC1. The zero-order chi connectivity index (χ0) is 21.3. The highest BCUT2D eigenvalue weighted by molar-refractivity contribution is 5.78. The molecule has 1 fully saturated rings. The molecule has 1 aromatic carbocycles. The molecule has 160 valence electrons. The number of imidazole rings is 1. The number of carbonyl (C=O) groups is 2. The molecule has 2 atom stereocenters. The standard InChI is InChI=1S/C23H29FN4O2/c1-16-6-5-9-22-25-15-21(28(16)22)19(18-7-3-4-8-20(18)24)14-23(30)27-12-10-26(11-13-27)17(2)29/h3-4,7-8,15-16,19H,5-6,9-14H2,1-2H3. The number of rotatable bonds is 4. The molecule has 0 N–H and O–H groups in total. The summed E-state index contributed by atoms with van der Waals surface area (Å²) in [5.74, 6) is 0.367. The van der Waals surface area contributed by atoms with E-state index in [4.69, 9.17) is 0 Å². The average molecular weight is 413 g/mol. The Kier molecular flexibility index (Phi) is 5.88. The van der Waals surface area contributed by atoms with Gasteiger partial charge in [-0.05, 0) is 31.4 Å². The molecule has 4 rings (SSSR count). The van der Waals surface area contributed by atoms with Gasteiger partial charge in [-0.3, -0.25) is 9.59 Å². The number of benzene rings is 1. The van der Waals surface area contributed by atoms with Crippen molar-refractivity contribution in [3.8, 4) is 0 Å². The van der Waals surface area contributed by atoms with E-state index in [2.05, 4.69) is 16.5 Å². The lowest BCUT2D eigenvalue weighted by atomic mass is 9.90. The summed E-state index contributed by atoms with van der Waals surface area (Å²) in [6.07, 6.45) is 5.09. The van der Waals surface area contributed by atoms with Crippen LogP contribution in [0.4, 0.5) is 4.39 Å². The maximum Gasteiger partial charge on any atom is 0.223 e. The number of hydrogen-bond donors (Lipinski definition) is 0. The molecular weight excluding hydrogens is 383 g/mol. The van der Waals surface area contributed by atoms with Gasteiger partial charge in [-0.1, -0.05) is 18.2 Å². The lowest BCUT2D eigenvalue weighted by molar-refractivity contribution is -0.138. The van der Waals surface area contributed by atoms with E-state index in [1.54, 1.807) is 28.9 Å². The quantitative estimate of drug-likeness (QED) is 0.775. The van der Waals surface area contributed by atoms with Crippen molar-refractivity contribution in [2.45, 2.75) is 51.5 Å². The van der Waals surface area contributed by atoms with Crippen LogP contribution in [0.5, 0.6) is 0 Å². The van der Waals surface area contributed by atoms with E-state index in [1.165, 1.54) is 6.07 Å². The summed E-state index contributed by atoms with van der Waals surface area (Å²) >= 11 is 0. The van der Waals surface area contributed by atoms with E-state index >= 15 is 0 Å². The van der Waals surface area contributed by atoms with Crippen molar-refractivity contribution < 1.29 is 14.0 Å². The van der Waals surface area contributed by atoms with E-state index in [0.29, 0.717) is 31.7 Å². The number of halogens is 1. The molecule has 0 bridgehead atoms. The Bertz CT molecular complexity index is 933. The van der Waals surface area contributed by atoms with Crippen LogP contribution in [0.2, 0.25) is 0 Å². The fourth-order valence-electron chi connectivity index (χ4n) is 4.76. The fourth-order valence-corrected chi connectivity index (χ4v) is 4.76. The van der Waals surface area contributed by atoms with Crippen LogP contribution in [0.15, 0.2) is 30.5 Å². The van der Waals surface area contributed by atoms with Gasteiger partial charge >= 0.3 is 0 Å². The van der Waals surface area contributed by atoms with Gasteiger partial charge in [0.25, 0.3) is 0 Å². The van der Waals surface area contributed by atoms with Gasteiger partial charge in [-0.25, -0.2) is 9.37 Å². The predicted octanol–water partition coefficient (Wildman–Crippen LogP) is 3.13. The average Bonchev–Trinajstić information content (AvgIpc) is 3.18. The largest absolute Gasteiger partial charge is 0.339 e.